The predicted octanol–water partition coefficient (Wildman–Crippen LogP) is 5.99. The highest BCUT2D eigenvalue weighted by Crippen LogP contribution is 2.48. The first-order valence-electron chi connectivity index (χ1n) is 10.1. The van der Waals surface area contributed by atoms with Gasteiger partial charge in [0.2, 0.25) is 0 Å². The molecule has 0 saturated carbocycles. The second-order valence-electron chi connectivity index (χ2n) is 7.65. The van der Waals surface area contributed by atoms with Crippen molar-refractivity contribution in [2.75, 3.05) is 18.1 Å². The van der Waals surface area contributed by atoms with Crippen LogP contribution >= 0.6 is 34.8 Å². The zero-order valence-electron chi connectivity index (χ0n) is 16.9. The van der Waals surface area contributed by atoms with Crippen LogP contribution < -0.4 is 14.4 Å². The minimum atomic E-state index is -1.08. The van der Waals surface area contributed by atoms with Gasteiger partial charge in [-0.15, -0.1) is 0 Å². The van der Waals surface area contributed by atoms with Crippen molar-refractivity contribution in [2.24, 2.45) is 0 Å². The van der Waals surface area contributed by atoms with Crippen molar-refractivity contribution in [3.8, 4) is 11.5 Å². The van der Waals surface area contributed by atoms with Crippen molar-refractivity contribution in [3.63, 3.8) is 0 Å². The molecule has 168 valence electrons. The summed E-state index contributed by atoms with van der Waals surface area (Å²) in [5.74, 6) is -1.47. The zero-order chi connectivity index (χ0) is 23.3. The molecule has 2 atom stereocenters. The number of aliphatic carboxylic acids is 1. The fraction of sp³-hybridized carbons (Fsp3) is 0.167. The van der Waals surface area contributed by atoms with Gasteiger partial charge in [-0.25, -0.2) is 0 Å². The smallest absolute Gasteiger partial charge is 0.313 e. The Morgan fingerprint density at radius 1 is 0.939 bits per heavy atom. The third-order valence-corrected chi connectivity index (χ3v) is 6.96. The summed E-state index contributed by atoms with van der Waals surface area (Å²) in [4.78, 5) is 27.7. The van der Waals surface area contributed by atoms with E-state index >= 15 is 0 Å². The van der Waals surface area contributed by atoms with Crippen LogP contribution in [0.25, 0.3) is 0 Å². The molecule has 3 aromatic rings. The molecular formula is C24H16Cl3NO5. The van der Waals surface area contributed by atoms with E-state index in [4.69, 9.17) is 44.3 Å². The number of carbonyl (C=O) groups excluding carboxylic acids is 1. The van der Waals surface area contributed by atoms with Crippen molar-refractivity contribution in [3.05, 3.63) is 86.4 Å². The van der Waals surface area contributed by atoms with Crippen LogP contribution in [-0.4, -0.2) is 30.2 Å². The second kappa shape index (κ2) is 8.45. The van der Waals surface area contributed by atoms with E-state index < -0.39 is 17.9 Å². The molecule has 0 saturated heterocycles. The molecule has 0 aromatic heterocycles. The van der Waals surface area contributed by atoms with Crippen LogP contribution in [0.1, 0.15) is 33.4 Å². The van der Waals surface area contributed by atoms with E-state index in [1.807, 2.05) is 0 Å². The Morgan fingerprint density at radius 3 is 2.30 bits per heavy atom. The number of benzene rings is 3. The van der Waals surface area contributed by atoms with Gasteiger partial charge in [-0.1, -0.05) is 59.1 Å². The molecule has 33 heavy (non-hydrogen) atoms. The summed E-state index contributed by atoms with van der Waals surface area (Å²) in [5, 5.41) is 10.7. The first-order valence-corrected chi connectivity index (χ1v) is 11.2. The van der Waals surface area contributed by atoms with Crippen molar-refractivity contribution >= 4 is 52.4 Å². The minimum Gasteiger partial charge on any atom is -0.486 e. The fourth-order valence-corrected chi connectivity index (χ4v) is 4.94. The molecule has 6 nitrogen and oxygen atoms in total. The molecule has 0 spiro atoms. The lowest BCUT2D eigenvalue weighted by Gasteiger charge is -2.41. The van der Waals surface area contributed by atoms with Crippen LogP contribution in [0.5, 0.6) is 11.5 Å². The largest absolute Gasteiger partial charge is 0.486 e. The molecule has 2 aliphatic rings. The molecule has 3 aromatic carbocycles. The quantitative estimate of drug-likeness (QED) is 0.444. The summed E-state index contributed by atoms with van der Waals surface area (Å²) in [5.41, 5.74) is 1.62. The highest BCUT2D eigenvalue weighted by Gasteiger charge is 2.45. The minimum absolute atomic E-state index is 0.151. The van der Waals surface area contributed by atoms with Gasteiger partial charge < -0.3 is 14.6 Å². The standard InChI is InChI=1S/C24H16Cl3NO5/c25-16-10-13(11-17(26)21(16)27)28-22(12-5-6-18-19(9-12)33-8-7-32-18)20(24(30)31)14-3-1-2-4-15(14)23(28)29/h1-6,9-11,20,22H,7-8H2,(H,30,31). The SMILES string of the molecule is O=C(O)C1c2ccccc2C(=O)N(c2cc(Cl)c(Cl)c(Cl)c2)C1c1ccc2c(c1)OCCO2. The predicted molar refractivity (Wildman–Crippen MR) is 125 cm³/mol. The molecule has 5 rings (SSSR count). The number of anilines is 1. The number of amides is 1. The van der Waals surface area contributed by atoms with Crippen molar-refractivity contribution in [1.82, 2.24) is 0 Å². The molecule has 1 amide bonds. The number of carbonyl (C=O) groups is 2. The van der Waals surface area contributed by atoms with Gasteiger partial charge >= 0.3 is 5.97 Å². The van der Waals surface area contributed by atoms with Gasteiger partial charge in [-0.05, 0) is 41.5 Å². The van der Waals surface area contributed by atoms with Crippen LogP contribution in [-0.2, 0) is 4.79 Å². The molecule has 1 N–H and O–H groups in total. The van der Waals surface area contributed by atoms with Crippen LogP contribution in [0.15, 0.2) is 54.6 Å². The Hall–Kier alpha value is -2.93. The van der Waals surface area contributed by atoms with Crippen LogP contribution in [0.3, 0.4) is 0 Å². The molecule has 0 bridgehead atoms. The number of rotatable bonds is 3. The lowest BCUT2D eigenvalue weighted by Crippen LogP contribution is -2.45. The van der Waals surface area contributed by atoms with E-state index in [1.54, 1.807) is 42.5 Å². The zero-order valence-corrected chi connectivity index (χ0v) is 19.2. The summed E-state index contributed by atoms with van der Waals surface area (Å²) >= 11 is 18.7. The molecule has 2 aliphatic heterocycles. The Bertz CT molecular complexity index is 1270. The number of carboxylic acid groups (broad SMARTS) is 1. The normalized spacial score (nSPS) is 19.2. The average Bonchev–Trinajstić information content (AvgIpc) is 2.81. The van der Waals surface area contributed by atoms with Crippen molar-refractivity contribution in [1.29, 1.82) is 0 Å². The van der Waals surface area contributed by atoms with Gasteiger partial charge in [0, 0.05) is 11.3 Å². The Labute approximate surface area is 204 Å². The fourth-order valence-electron chi connectivity index (χ4n) is 4.35. The first-order chi connectivity index (χ1) is 15.9. The summed E-state index contributed by atoms with van der Waals surface area (Å²) in [6.45, 7) is 0.796. The highest BCUT2D eigenvalue weighted by molar-refractivity contribution is 6.48. The van der Waals surface area contributed by atoms with Gasteiger partial charge in [-0.2, -0.15) is 0 Å². The van der Waals surface area contributed by atoms with Gasteiger partial charge in [0.25, 0.3) is 5.91 Å². The van der Waals surface area contributed by atoms with E-state index in [-0.39, 0.29) is 21.0 Å². The lowest BCUT2D eigenvalue weighted by molar-refractivity contribution is -0.139. The van der Waals surface area contributed by atoms with Crippen LogP contribution in [0.2, 0.25) is 15.1 Å². The van der Waals surface area contributed by atoms with Gasteiger partial charge in [0.15, 0.2) is 11.5 Å². The van der Waals surface area contributed by atoms with E-state index in [2.05, 4.69) is 0 Å². The molecule has 0 radical (unpaired) electrons. The van der Waals surface area contributed by atoms with Gasteiger partial charge in [0.1, 0.15) is 19.1 Å². The molecule has 2 heterocycles. The van der Waals surface area contributed by atoms with E-state index in [0.29, 0.717) is 47.1 Å². The first kappa shape index (κ1) is 21.9. The number of carboxylic acids is 1. The summed E-state index contributed by atoms with van der Waals surface area (Å²) < 4.78 is 11.3. The molecule has 2 unspecified atom stereocenters. The Kier molecular flexibility index (Phi) is 5.60. The monoisotopic (exact) mass is 503 g/mol. The number of nitrogens with zero attached hydrogens (tertiary/aromatic N) is 1. The topological polar surface area (TPSA) is 76.1 Å². The number of hydrogen-bond donors (Lipinski definition) is 1. The molecular weight excluding hydrogens is 489 g/mol. The molecule has 9 heteroatoms. The highest BCUT2D eigenvalue weighted by atomic mass is 35.5. The maximum Gasteiger partial charge on any atom is 0.313 e. The number of halogens is 3. The maximum absolute atomic E-state index is 13.7. The molecule has 0 fully saturated rings. The number of fused-ring (bicyclic) bond motifs is 2. The Balaban J connectivity index is 1.76. The number of hydrogen-bond acceptors (Lipinski definition) is 4. The van der Waals surface area contributed by atoms with Crippen molar-refractivity contribution < 1.29 is 24.2 Å². The van der Waals surface area contributed by atoms with E-state index in [1.165, 1.54) is 17.0 Å². The van der Waals surface area contributed by atoms with Gasteiger partial charge in [0.05, 0.1) is 21.1 Å². The third-order valence-electron chi connectivity index (χ3n) is 5.76. The summed E-state index contributed by atoms with van der Waals surface area (Å²) in [7, 11) is 0. The summed E-state index contributed by atoms with van der Waals surface area (Å²) in [6.07, 6.45) is 0. The lowest BCUT2D eigenvalue weighted by atomic mass is 9.79. The van der Waals surface area contributed by atoms with Crippen LogP contribution in [0, 0.1) is 0 Å². The second-order valence-corrected chi connectivity index (χ2v) is 8.84. The third kappa shape index (κ3) is 3.68. The average molecular weight is 505 g/mol. The Morgan fingerprint density at radius 2 is 1.61 bits per heavy atom. The summed E-state index contributed by atoms with van der Waals surface area (Å²) in [6, 6.07) is 14.0. The van der Waals surface area contributed by atoms with E-state index in [0.717, 1.165) is 0 Å². The van der Waals surface area contributed by atoms with Crippen molar-refractivity contribution in [2.45, 2.75) is 12.0 Å². The molecule has 0 aliphatic carbocycles. The maximum atomic E-state index is 13.7. The van der Waals surface area contributed by atoms with Gasteiger partial charge in [-0.3, -0.25) is 14.5 Å². The number of ether oxygens (including phenoxy) is 2. The van der Waals surface area contributed by atoms with Crippen LogP contribution in [0.4, 0.5) is 5.69 Å². The van der Waals surface area contributed by atoms with E-state index in [9.17, 15) is 14.7 Å².